The molecule has 2 aromatic rings. The Morgan fingerprint density at radius 1 is 1.08 bits per heavy atom. The summed E-state index contributed by atoms with van der Waals surface area (Å²) in [7, 11) is 0. The Labute approximate surface area is 147 Å². The summed E-state index contributed by atoms with van der Waals surface area (Å²) in [6.45, 7) is 2.82. The van der Waals surface area contributed by atoms with E-state index in [1.54, 1.807) is 36.4 Å². The first-order chi connectivity index (χ1) is 12.1. The Balaban J connectivity index is 1.93. The van der Waals surface area contributed by atoms with E-state index in [-0.39, 0.29) is 11.4 Å². The zero-order valence-corrected chi connectivity index (χ0v) is 14.2. The third-order valence-corrected chi connectivity index (χ3v) is 3.73. The summed E-state index contributed by atoms with van der Waals surface area (Å²) >= 11 is 0. The van der Waals surface area contributed by atoms with Gasteiger partial charge in [0.1, 0.15) is 11.4 Å². The van der Waals surface area contributed by atoms with Gasteiger partial charge in [-0.05, 0) is 36.8 Å². The first kappa shape index (κ1) is 18.4. The molecule has 0 bridgehead atoms. The lowest BCUT2D eigenvalue weighted by Crippen LogP contribution is -2.13. The van der Waals surface area contributed by atoms with E-state index >= 15 is 0 Å². The lowest BCUT2D eigenvalue weighted by molar-refractivity contribution is -0.383. The maximum absolute atomic E-state index is 12.3. The van der Waals surface area contributed by atoms with Gasteiger partial charge in [0.25, 0.3) is 11.6 Å². The van der Waals surface area contributed by atoms with Crippen molar-refractivity contribution in [2.45, 2.75) is 32.6 Å². The van der Waals surface area contributed by atoms with Crippen LogP contribution in [0, 0.1) is 10.1 Å². The highest BCUT2D eigenvalue weighted by molar-refractivity contribution is 6.05. The molecule has 1 amide bonds. The summed E-state index contributed by atoms with van der Waals surface area (Å²) in [6.07, 6.45) is 4.54. The molecule has 0 saturated carbocycles. The number of anilines is 1. The van der Waals surface area contributed by atoms with Gasteiger partial charge in [0.15, 0.2) is 0 Å². The first-order valence-electron chi connectivity index (χ1n) is 8.39. The molecule has 0 aliphatic carbocycles. The fraction of sp³-hybridized carbons (Fsp3) is 0.316. The van der Waals surface area contributed by atoms with Crippen molar-refractivity contribution in [2.24, 2.45) is 0 Å². The van der Waals surface area contributed by atoms with Crippen molar-refractivity contribution in [1.29, 1.82) is 0 Å². The number of carbonyl (C=O) groups excluding carboxylic acids is 1. The van der Waals surface area contributed by atoms with Gasteiger partial charge in [-0.15, -0.1) is 0 Å². The summed E-state index contributed by atoms with van der Waals surface area (Å²) in [6, 6.07) is 12.8. The van der Waals surface area contributed by atoms with Crippen LogP contribution in [0.5, 0.6) is 5.75 Å². The predicted molar refractivity (Wildman–Crippen MR) is 97.1 cm³/mol. The minimum atomic E-state index is -0.523. The number of nitro benzene ring substituents is 1. The molecular formula is C19H22N2O4. The molecule has 25 heavy (non-hydrogen) atoms. The zero-order chi connectivity index (χ0) is 18.1. The Morgan fingerprint density at radius 3 is 2.48 bits per heavy atom. The molecular weight excluding hydrogens is 320 g/mol. The Morgan fingerprint density at radius 2 is 1.80 bits per heavy atom. The van der Waals surface area contributed by atoms with Crippen molar-refractivity contribution in [1.82, 2.24) is 0 Å². The predicted octanol–water partition coefficient (Wildman–Crippen LogP) is 4.81. The van der Waals surface area contributed by atoms with Crippen molar-refractivity contribution in [3.8, 4) is 5.75 Å². The summed E-state index contributed by atoms with van der Waals surface area (Å²) in [5, 5.41) is 13.6. The minimum Gasteiger partial charge on any atom is -0.494 e. The number of para-hydroxylation sites is 2. The molecule has 0 aromatic heterocycles. The number of ether oxygens (including phenoxy) is 1. The topological polar surface area (TPSA) is 81.5 Å². The number of benzene rings is 2. The summed E-state index contributed by atoms with van der Waals surface area (Å²) in [5.41, 5.74) is 0.452. The third kappa shape index (κ3) is 5.60. The number of amides is 1. The van der Waals surface area contributed by atoms with E-state index in [0.717, 1.165) is 12.8 Å². The van der Waals surface area contributed by atoms with Crippen LogP contribution in [-0.4, -0.2) is 17.4 Å². The molecule has 0 spiro atoms. The van der Waals surface area contributed by atoms with E-state index in [2.05, 4.69) is 12.2 Å². The van der Waals surface area contributed by atoms with E-state index in [1.807, 2.05) is 0 Å². The Bertz CT molecular complexity index is 714. The van der Waals surface area contributed by atoms with Crippen LogP contribution in [0.1, 0.15) is 43.0 Å². The number of nitro groups is 1. The van der Waals surface area contributed by atoms with Gasteiger partial charge in [-0.1, -0.05) is 38.3 Å². The second-order valence-electron chi connectivity index (χ2n) is 5.66. The van der Waals surface area contributed by atoms with Crippen LogP contribution in [0.15, 0.2) is 48.5 Å². The van der Waals surface area contributed by atoms with Crippen LogP contribution in [0.4, 0.5) is 11.4 Å². The number of nitrogens with one attached hydrogen (secondary N) is 1. The van der Waals surface area contributed by atoms with Crippen molar-refractivity contribution in [3.63, 3.8) is 0 Å². The van der Waals surface area contributed by atoms with Crippen molar-refractivity contribution >= 4 is 17.3 Å². The van der Waals surface area contributed by atoms with Gasteiger partial charge in [0, 0.05) is 11.6 Å². The number of hydrogen-bond acceptors (Lipinski definition) is 4. The van der Waals surface area contributed by atoms with Crippen molar-refractivity contribution < 1.29 is 14.5 Å². The minimum absolute atomic E-state index is 0.136. The van der Waals surface area contributed by atoms with Crippen LogP contribution >= 0.6 is 0 Å². The smallest absolute Gasteiger partial charge is 0.292 e. The first-order valence-corrected chi connectivity index (χ1v) is 8.39. The maximum Gasteiger partial charge on any atom is 0.292 e. The standard InChI is InChI=1S/C19H22N2O4/c1-2-3-4-7-14-25-16-12-10-15(11-13-16)19(22)20-17-8-5-6-9-18(17)21(23)24/h5-6,8-13H,2-4,7,14H2,1H3,(H,20,22). The fourth-order valence-corrected chi connectivity index (χ4v) is 2.35. The van der Waals surface area contributed by atoms with Gasteiger partial charge in [0.2, 0.25) is 0 Å². The van der Waals surface area contributed by atoms with E-state index in [4.69, 9.17) is 4.74 Å². The van der Waals surface area contributed by atoms with Gasteiger partial charge in [-0.3, -0.25) is 14.9 Å². The van der Waals surface area contributed by atoms with E-state index < -0.39 is 10.8 Å². The molecule has 2 rings (SSSR count). The van der Waals surface area contributed by atoms with Crippen molar-refractivity contribution in [3.05, 3.63) is 64.2 Å². The summed E-state index contributed by atoms with van der Waals surface area (Å²) < 4.78 is 5.64. The summed E-state index contributed by atoms with van der Waals surface area (Å²) in [4.78, 5) is 22.7. The van der Waals surface area contributed by atoms with Crippen LogP contribution in [0.3, 0.4) is 0 Å². The normalized spacial score (nSPS) is 10.3. The van der Waals surface area contributed by atoms with Gasteiger partial charge < -0.3 is 10.1 Å². The van der Waals surface area contributed by atoms with Crippen LogP contribution in [0.2, 0.25) is 0 Å². The molecule has 0 unspecified atom stereocenters. The van der Waals surface area contributed by atoms with Gasteiger partial charge >= 0.3 is 0 Å². The van der Waals surface area contributed by atoms with Crippen LogP contribution < -0.4 is 10.1 Å². The molecule has 0 fully saturated rings. The Kier molecular flexibility index (Phi) is 6.95. The SMILES string of the molecule is CCCCCCOc1ccc(C(=O)Nc2ccccc2[N+](=O)[O-])cc1. The molecule has 0 atom stereocenters. The highest BCUT2D eigenvalue weighted by Crippen LogP contribution is 2.24. The zero-order valence-electron chi connectivity index (χ0n) is 14.2. The molecule has 0 heterocycles. The molecule has 0 radical (unpaired) electrons. The highest BCUT2D eigenvalue weighted by Gasteiger charge is 2.15. The lowest BCUT2D eigenvalue weighted by Gasteiger charge is -2.08. The quantitative estimate of drug-likeness (QED) is 0.403. The number of rotatable bonds is 9. The second-order valence-corrected chi connectivity index (χ2v) is 5.66. The largest absolute Gasteiger partial charge is 0.494 e. The van der Waals surface area contributed by atoms with E-state index in [9.17, 15) is 14.9 Å². The number of unbranched alkanes of at least 4 members (excludes halogenated alkanes) is 3. The molecule has 132 valence electrons. The maximum atomic E-state index is 12.3. The third-order valence-electron chi connectivity index (χ3n) is 3.73. The number of hydrogen-bond donors (Lipinski definition) is 1. The molecule has 2 aromatic carbocycles. The van der Waals surface area contributed by atoms with Crippen LogP contribution in [0.25, 0.3) is 0 Å². The monoisotopic (exact) mass is 342 g/mol. The molecule has 1 N–H and O–H groups in total. The Hall–Kier alpha value is -2.89. The second kappa shape index (κ2) is 9.42. The molecule has 0 aliphatic rings. The average Bonchev–Trinajstić information content (AvgIpc) is 2.62. The van der Waals surface area contributed by atoms with Gasteiger partial charge in [-0.2, -0.15) is 0 Å². The fourth-order valence-electron chi connectivity index (χ4n) is 2.35. The lowest BCUT2D eigenvalue weighted by atomic mass is 10.2. The molecule has 0 aliphatic heterocycles. The highest BCUT2D eigenvalue weighted by atomic mass is 16.6. The van der Waals surface area contributed by atoms with Gasteiger partial charge in [0.05, 0.1) is 11.5 Å². The van der Waals surface area contributed by atoms with Crippen LogP contribution in [-0.2, 0) is 0 Å². The summed E-state index contributed by atoms with van der Waals surface area (Å²) in [5.74, 6) is 0.308. The average molecular weight is 342 g/mol. The van der Waals surface area contributed by atoms with E-state index in [0.29, 0.717) is 17.9 Å². The number of nitrogens with zero attached hydrogens (tertiary/aromatic N) is 1. The van der Waals surface area contributed by atoms with E-state index in [1.165, 1.54) is 25.0 Å². The van der Waals surface area contributed by atoms with Crippen molar-refractivity contribution in [2.75, 3.05) is 11.9 Å². The number of carbonyl (C=O) groups is 1. The molecule has 6 heteroatoms. The van der Waals surface area contributed by atoms with Gasteiger partial charge in [-0.25, -0.2) is 0 Å². The molecule has 6 nitrogen and oxygen atoms in total. The molecule has 0 saturated heterocycles.